The molecule has 0 bridgehead atoms. The number of halogens is 1. The van der Waals surface area contributed by atoms with Gasteiger partial charge in [-0.05, 0) is 35.9 Å². The van der Waals surface area contributed by atoms with Crippen LogP contribution in [-0.2, 0) is 0 Å². The molecule has 0 aliphatic heterocycles. The predicted octanol–water partition coefficient (Wildman–Crippen LogP) is 6.54. The van der Waals surface area contributed by atoms with Gasteiger partial charge in [-0.25, -0.2) is 4.39 Å². The second kappa shape index (κ2) is 9.32. The molecule has 4 rings (SSSR count). The van der Waals surface area contributed by atoms with Gasteiger partial charge in [0.2, 0.25) is 0 Å². The Kier molecular flexibility index (Phi) is 6.32. The molecule has 1 N–H and O–H groups in total. The van der Waals surface area contributed by atoms with E-state index in [9.17, 15) is 9.18 Å². The molecule has 1 heterocycles. The van der Waals surface area contributed by atoms with Gasteiger partial charge in [0.15, 0.2) is 0 Å². The van der Waals surface area contributed by atoms with E-state index in [1.165, 1.54) is 12.1 Å². The standard InChI is InChI=1S/C26H23FN2O2S/c1-4-14-29(32-3)22-16-23-21(15-20(22)17-8-6-5-7-9-17)24(26(30)28-2)25(31-23)18-10-12-19(27)13-11-18/h4-13,15-16H,1,14H2,2-3H3,(H,28,30). The Morgan fingerprint density at radius 2 is 1.84 bits per heavy atom. The van der Waals surface area contributed by atoms with Crippen molar-refractivity contribution in [3.63, 3.8) is 0 Å². The first-order valence-electron chi connectivity index (χ1n) is 10.1. The second-order valence-corrected chi connectivity index (χ2v) is 7.96. The van der Waals surface area contributed by atoms with Crippen molar-refractivity contribution < 1.29 is 13.6 Å². The van der Waals surface area contributed by atoms with E-state index in [0.29, 0.717) is 34.4 Å². The number of benzene rings is 3. The molecule has 4 nitrogen and oxygen atoms in total. The van der Waals surface area contributed by atoms with E-state index < -0.39 is 0 Å². The molecular weight excluding hydrogens is 423 g/mol. The van der Waals surface area contributed by atoms with E-state index in [-0.39, 0.29) is 11.7 Å². The van der Waals surface area contributed by atoms with Crippen LogP contribution in [0.15, 0.2) is 83.8 Å². The van der Waals surface area contributed by atoms with Gasteiger partial charge in [-0.15, -0.1) is 6.58 Å². The molecular formula is C26H23FN2O2S. The number of hydrogen-bond acceptors (Lipinski definition) is 4. The molecule has 3 aromatic carbocycles. The number of hydrogen-bond donors (Lipinski definition) is 1. The average Bonchev–Trinajstić information content (AvgIpc) is 3.20. The molecule has 4 aromatic rings. The molecule has 0 saturated carbocycles. The van der Waals surface area contributed by atoms with Crippen LogP contribution < -0.4 is 9.62 Å². The van der Waals surface area contributed by atoms with Crippen LogP contribution in [0.25, 0.3) is 33.4 Å². The Morgan fingerprint density at radius 3 is 2.47 bits per heavy atom. The second-order valence-electron chi connectivity index (χ2n) is 7.16. The predicted molar refractivity (Wildman–Crippen MR) is 131 cm³/mol. The molecule has 0 aliphatic rings. The molecule has 0 aliphatic carbocycles. The SMILES string of the molecule is C=CCN(SC)c1cc2oc(-c3ccc(F)cc3)c(C(=O)NC)c2cc1-c1ccccc1. The first kappa shape index (κ1) is 21.7. The van der Waals surface area contributed by atoms with E-state index in [4.69, 9.17) is 4.42 Å². The Labute approximate surface area is 190 Å². The number of amides is 1. The van der Waals surface area contributed by atoms with Crippen molar-refractivity contribution in [3.05, 3.63) is 90.8 Å². The van der Waals surface area contributed by atoms with Gasteiger partial charge in [-0.1, -0.05) is 48.4 Å². The third-order valence-corrected chi connectivity index (χ3v) is 6.02. The minimum Gasteiger partial charge on any atom is -0.455 e. The summed E-state index contributed by atoms with van der Waals surface area (Å²) in [6.07, 6.45) is 3.85. The number of rotatable bonds is 7. The number of carbonyl (C=O) groups is 1. The summed E-state index contributed by atoms with van der Waals surface area (Å²) in [4.78, 5) is 12.9. The number of fused-ring (bicyclic) bond motifs is 1. The summed E-state index contributed by atoms with van der Waals surface area (Å²) in [5.41, 5.74) is 4.61. The summed E-state index contributed by atoms with van der Waals surface area (Å²) in [5.74, 6) is -0.197. The quantitative estimate of drug-likeness (QED) is 0.259. The Hall–Kier alpha value is -3.51. The summed E-state index contributed by atoms with van der Waals surface area (Å²) >= 11 is 1.58. The maximum absolute atomic E-state index is 13.5. The lowest BCUT2D eigenvalue weighted by Crippen LogP contribution is -2.18. The van der Waals surface area contributed by atoms with Crippen LogP contribution in [0, 0.1) is 5.82 Å². The average molecular weight is 447 g/mol. The van der Waals surface area contributed by atoms with Gasteiger partial charge >= 0.3 is 0 Å². The van der Waals surface area contributed by atoms with Gasteiger partial charge in [0.05, 0.1) is 11.3 Å². The van der Waals surface area contributed by atoms with Crippen LogP contribution in [0.5, 0.6) is 0 Å². The van der Waals surface area contributed by atoms with Crippen molar-refractivity contribution in [3.8, 4) is 22.5 Å². The third kappa shape index (κ3) is 4.01. The molecule has 1 amide bonds. The van der Waals surface area contributed by atoms with Gasteiger partial charge in [-0.2, -0.15) is 0 Å². The van der Waals surface area contributed by atoms with Crippen LogP contribution >= 0.6 is 11.9 Å². The lowest BCUT2D eigenvalue weighted by molar-refractivity contribution is 0.0964. The van der Waals surface area contributed by atoms with E-state index in [1.54, 1.807) is 31.1 Å². The first-order chi connectivity index (χ1) is 15.6. The van der Waals surface area contributed by atoms with Crippen LogP contribution in [0.3, 0.4) is 0 Å². The fourth-order valence-corrected chi connectivity index (χ4v) is 4.33. The molecule has 32 heavy (non-hydrogen) atoms. The smallest absolute Gasteiger partial charge is 0.255 e. The molecule has 0 spiro atoms. The van der Waals surface area contributed by atoms with Crippen LogP contribution in [0.4, 0.5) is 10.1 Å². The summed E-state index contributed by atoms with van der Waals surface area (Å²) in [5, 5.41) is 3.41. The highest BCUT2D eigenvalue weighted by Gasteiger charge is 2.24. The summed E-state index contributed by atoms with van der Waals surface area (Å²) in [6.45, 7) is 4.52. The van der Waals surface area contributed by atoms with Gasteiger partial charge < -0.3 is 14.0 Å². The molecule has 0 fully saturated rings. The first-order valence-corrected chi connectivity index (χ1v) is 11.3. The highest BCUT2D eigenvalue weighted by molar-refractivity contribution is 8.00. The number of furan rings is 1. The van der Waals surface area contributed by atoms with Crippen molar-refractivity contribution in [2.45, 2.75) is 0 Å². The minimum absolute atomic E-state index is 0.261. The molecule has 0 unspecified atom stereocenters. The highest BCUT2D eigenvalue weighted by atomic mass is 32.2. The largest absolute Gasteiger partial charge is 0.455 e. The van der Waals surface area contributed by atoms with Crippen LogP contribution in [0.1, 0.15) is 10.4 Å². The fraction of sp³-hybridized carbons (Fsp3) is 0.115. The zero-order valence-electron chi connectivity index (χ0n) is 17.9. The summed E-state index contributed by atoms with van der Waals surface area (Å²) in [6, 6.07) is 19.9. The lowest BCUT2D eigenvalue weighted by Gasteiger charge is -2.23. The van der Waals surface area contributed by atoms with E-state index in [2.05, 4.69) is 16.2 Å². The monoisotopic (exact) mass is 446 g/mol. The van der Waals surface area contributed by atoms with E-state index in [0.717, 1.165) is 16.8 Å². The van der Waals surface area contributed by atoms with Crippen LogP contribution in [-0.4, -0.2) is 25.8 Å². The maximum Gasteiger partial charge on any atom is 0.255 e. The zero-order chi connectivity index (χ0) is 22.7. The van der Waals surface area contributed by atoms with Crippen molar-refractivity contribution in [1.82, 2.24) is 5.32 Å². The molecule has 162 valence electrons. The number of nitrogens with one attached hydrogen (secondary N) is 1. The normalized spacial score (nSPS) is 10.8. The van der Waals surface area contributed by atoms with Crippen molar-refractivity contribution in [2.75, 3.05) is 24.2 Å². The topological polar surface area (TPSA) is 45.5 Å². The van der Waals surface area contributed by atoms with Gasteiger partial charge in [-0.3, -0.25) is 4.79 Å². The number of anilines is 1. The summed E-state index contributed by atoms with van der Waals surface area (Å²) in [7, 11) is 1.58. The lowest BCUT2D eigenvalue weighted by atomic mass is 9.98. The molecule has 1 aromatic heterocycles. The Balaban J connectivity index is 2.04. The summed E-state index contributed by atoms with van der Waals surface area (Å²) < 4.78 is 21.8. The van der Waals surface area contributed by atoms with Gasteiger partial charge in [0.25, 0.3) is 5.91 Å². The van der Waals surface area contributed by atoms with E-state index in [1.807, 2.05) is 54.8 Å². The third-order valence-electron chi connectivity index (χ3n) is 5.24. The van der Waals surface area contributed by atoms with Gasteiger partial charge in [0, 0.05) is 42.4 Å². The van der Waals surface area contributed by atoms with Crippen molar-refractivity contribution in [1.29, 1.82) is 0 Å². The Morgan fingerprint density at radius 1 is 1.12 bits per heavy atom. The number of nitrogens with zero attached hydrogens (tertiary/aromatic N) is 1. The molecule has 6 heteroatoms. The number of carbonyl (C=O) groups excluding carboxylic acids is 1. The molecule has 0 radical (unpaired) electrons. The van der Waals surface area contributed by atoms with Crippen molar-refractivity contribution in [2.24, 2.45) is 0 Å². The van der Waals surface area contributed by atoms with Crippen LogP contribution in [0.2, 0.25) is 0 Å². The fourth-order valence-electron chi connectivity index (χ4n) is 3.73. The molecule has 0 atom stereocenters. The van der Waals surface area contributed by atoms with Gasteiger partial charge in [0.1, 0.15) is 17.2 Å². The highest BCUT2D eigenvalue weighted by Crippen LogP contribution is 2.42. The molecule has 0 saturated heterocycles. The van der Waals surface area contributed by atoms with E-state index >= 15 is 0 Å². The maximum atomic E-state index is 13.5. The Bertz CT molecular complexity index is 1270. The minimum atomic E-state index is -0.347. The zero-order valence-corrected chi connectivity index (χ0v) is 18.7. The van der Waals surface area contributed by atoms with Crippen molar-refractivity contribution >= 4 is 34.5 Å².